The van der Waals surface area contributed by atoms with Crippen molar-refractivity contribution in [1.29, 1.82) is 0 Å². The third kappa shape index (κ3) is 1.87. The lowest BCUT2D eigenvalue weighted by Gasteiger charge is -2.29. The Morgan fingerprint density at radius 2 is 1.72 bits per heavy atom. The van der Waals surface area contributed by atoms with Crippen LogP contribution in [-0.4, -0.2) is 13.2 Å². The molecule has 18 heavy (non-hydrogen) atoms. The quantitative estimate of drug-likeness (QED) is 0.874. The van der Waals surface area contributed by atoms with Crippen molar-refractivity contribution in [1.82, 2.24) is 0 Å². The van der Waals surface area contributed by atoms with Crippen LogP contribution in [0.4, 0.5) is 0 Å². The van der Waals surface area contributed by atoms with Gasteiger partial charge in [-0.1, -0.05) is 19.8 Å². The number of hydrogen-bond acceptors (Lipinski definition) is 3. The third-order valence-electron chi connectivity index (χ3n) is 4.18. The maximum Gasteiger partial charge on any atom is 0.161 e. The fraction of sp³-hybridized carbons (Fsp3) is 0.600. The van der Waals surface area contributed by atoms with Gasteiger partial charge in [0.05, 0.1) is 0 Å². The lowest BCUT2D eigenvalue weighted by Crippen LogP contribution is -2.34. The number of fused-ring (bicyclic) bond motifs is 1. The second kappa shape index (κ2) is 4.47. The Balaban J connectivity index is 2.07. The number of hydrogen-bond donors (Lipinski definition) is 1. The van der Waals surface area contributed by atoms with Gasteiger partial charge in [-0.05, 0) is 42.5 Å². The van der Waals surface area contributed by atoms with Gasteiger partial charge in [-0.25, -0.2) is 0 Å². The summed E-state index contributed by atoms with van der Waals surface area (Å²) in [6, 6.07) is 4.25. The molecule has 3 rings (SSSR count). The van der Waals surface area contributed by atoms with E-state index in [1.807, 2.05) is 0 Å². The maximum atomic E-state index is 6.59. The van der Waals surface area contributed by atoms with Crippen molar-refractivity contribution in [3.8, 4) is 11.5 Å². The molecule has 3 nitrogen and oxygen atoms in total. The van der Waals surface area contributed by atoms with Crippen molar-refractivity contribution in [3.05, 3.63) is 23.3 Å². The summed E-state index contributed by atoms with van der Waals surface area (Å²) in [5.41, 5.74) is 9.02. The van der Waals surface area contributed by atoms with Gasteiger partial charge < -0.3 is 15.2 Å². The van der Waals surface area contributed by atoms with E-state index in [0.29, 0.717) is 13.2 Å². The number of ether oxygens (including phenoxy) is 2. The largest absolute Gasteiger partial charge is 0.486 e. The van der Waals surface area contributed by atoms with Crippen LogP contribution in [0.5, 0.6) is 11.5 Å². The van der Waals surface area contributed by atoms with Crippen molar-refractivity contribution in [2.45, 2.75) is 44.6 Å². The predicted molar refractivity (Wildman–Crippen MR) is 71.1 cm³/mol. The molecule has 1 saturated carbocycles. The summed E-state index contributed by atoms with van der Waals surface area (Å²) in [6.07, 6.45) is 5.62. The second-order valence-corrected chi connectivity index (χ2v) is 5.37. The first-order valence-electron chi connectivity index (χ1n) is 6.95. The summed E-state index contributed by atoms with van der Waals surface area (Å²) in [5.74, 6) is 1.74. The molecule has 2 N–H and O–H groups in total. The van der Waals surface area contributed by atoms with Crippen molar-refractivity contribution in [2.75, 3.05) is 13.2 Å². The van der Waals surface area contributed by atoms with Crippen LogP contribution in [0, 0.1) is 0 Å². The maximum absolute atomic E-state index is 6.59. The average Bonchev–Trinajstić information content (AvgIpc) is 2.85. The molecule has 1 aromatic rings. The summed E-state index contributed by atoms with van der Waals surface area (Å²) in [5, 5.41) is 0. The molecule has 0 amide bonds. The van der Waals surface area contributed by atoms with Gasteiger partial charge in [0.2, 0.25) is 0 Å². The Morgan fingerprint density at radius 1 is 1.11 bits per heavy atom. The number of benzene rings is 1. The Bertz CT molecular complexity index is 450. The highest BCUT2D eigenvalue weighted by atomic mass is 16.6. The Morgan fingerprint density at radius 3 is 2.33 bits per heavy atom. The van der Waals surface area contributed by atoms with Crippen LogP contribution in [0.2, 0.25) is 0 Å². The van der Waals surface area contributed by atoms with Crippen molar-refractivity contribution in [3.63, 3.8) is 0 Å². The molecule has 3 heteroatoms. The van der Waals surface area contributed by atoms with Crippen molar-refractivity contribution < 1.29 is 9.47 Å². The zero-order valence-electron chi connectivity index (χ0n) is 11.0. The van der Waals surface area contributed by atoms with E-state index in [2.05, 4.69) is 19.1 Å². The predicted octanol–water partition coefficient (Wildman–Crippen LogP) is 2.75. The van der Waals surface area contributed by atoms with Gasteiger partial charge in [0.15, 0.2) is 11.5 Å². The molecule has 1 aliphatic heterocycles. The van der Waals surface area contributed by atoms with E-state index < -0.39 is 0 Å². The van der Waals surface area contributed by atoms with Gasteiger partial charge >= 0.3 is 0 Å². The highest BCUT2D eigenvalue weighted by Crippen LogP contribution is 2.42. The SMILES string of the molecule is CCc1cc2c(cc1C1(N)CCCC1)OCCO2. The zero-order valence-corrected chi connectivity index (χ0v) is 11.0. The first-order chi connectivity index (χ1) is 8.73. The number of rotatable bonds is 2. The monoisotopic (exact) mass is 247 g/mol. The molecule has 98 valence electrons. The molecule has 1 heterocycles. The standard InChI is InChI=1S/C15H21NO2/c1-2-11-9-13-14(18-8-7-17-13)10-12(11)15(16)5-3-4-6-15/h9-10H,2-8,16H2,1H3. The first kappa shape index (κ1) is 11.8. The minimum atomic E-state index is -0.152. The van der Waals surface area contributed by atoms with Crippen LogP contribution < -0.4 is 15.2 Å². The minimum absolute atomic E-state index is 0.152. The minimum Gasteiger partial charge on any atom is -0.486 e. The van der Waals surface area contributed by atoms with E-state index in [1.54, 1.807) is 0 Å². The van der Waals surface area contributed by atoms with Crippen LogP contribution in [0.1, 0.15) is 43.7 Å². The summed E-state index contributed by atoms with van der Waals surface area (Å²) >= 11 is 0. The second-order valence-electron chi connectivity index (χ2n) is 5.37. The molecular weight excluding hydrogens is 226 g/mol. The fourth-order valence-corrected chi connectivity index (χ4v) is 3.16. The van der Waals surface area contributed by atoms with Crippen LogP contribution in [0.3, 0.4) is 0 Å². The summed E-state index contributed by atoms with van der Waals surface area (Å²) in [6.45, 7) is 3.45. The molecular formula is C15H21NO2. The molecule has 0 aromatic heterocycles. The summed E-state index contributed by atoms with van der Waals surface area (Å²) < 4.78 is 11.3. The van der Waals surface area contributed by atoms with Crippen LogP contribution >= 0.6 is 0 Å². The topological polar surface area (TPSA) is 44.5 Å². The first-order valence-corrected chi connectivity index (χ1v) is 6.95. The van der Waals surface area contributed by atoms with Gasteiger partial charge in [-0.15, -0.1) is 0 Å². The van der Waals surface area contributed by atoms with Crippen LogP contribution in [0.15, 0.2) is 12.1 Å². The molecule has 0 saturated heterocycles. The Kier molecular flexibility index (Phi) is 2.94. The normalized spacial score (nSPS) is 21.0. The Hall–Kier alpha value is -1.22. The Labute approximate surface area is 108 Å². The van der Waals surface area contributed by atoms with Crippen molar-refractivity contribution in [2.24, 2.45) is 5.73 Å². The van der Waals surface area contributed by atoms with E-state index >= 15 is 0 Å². The average molecular weight is 247 g/mol. The summed E-state index contributed by atoms with van der Waals surface area (Å²) in [7, 11) is 0. The van der Waals surface area contributed by atoms with Crippen LogP contribution in [0.25, 0.3) is 0 Å². The lowest BCUT2D eigenvalue weighted by molar-refractivity contribution is 0.171. The van der Waals surface area contributed by atoms with Gasteiger partial charge in [0.1, 0.15) is 13.2 Å². The van der Waals surface area contributed by atoms with E-state index in [0.717, 1.165) is 30.8 Å². The number of nitrogens with two attached hydrogens (primary N) is 1. The van der Waals surface area contributed by atoms with Gasteiger partial charge in [-0.3, -0.25) is 0 Å². The van der Waals surface area contributed by atoms with Gasteiger partial charge in [-0.2, -0.15) is 0 Å². The van der Waals surface area contributed by atoms with E-state index in [9.17, 15) is 0 Å². The fourth-order valence-electron chi connectivity index (χ4n) is 3.16. The molecule has 1 fully saturated rings. The van der Waals surface area contributed by atoms with Gasteiger partial charge in [0.25, 0.3) is 0 Å². The number of aryl methyl sites for hydroxylation is 1. The molecule has 0 atom stereocenters. The van der Waals surface area contributed by atoms with Crippen LogP contribution in [-0.2, 0) is 12.0 Å². The van der Waals surface area contributed by atoms with E-state index in [4.69, 9.17) is 15.2 Å². The van der Waals surface area contributed by atoms with Gasteiger partial charge in [0, 0.05) is 5.54 Å². The third-order valence-corrected chi connectivity index (χ3v) is 4.18. The van der Waals surface area contributed by atoms with E-state index in [-0.39, 0.29) is 5.54 Å². The summed E-state index contributed by atoms with van der Waals surface area (Å²) in [4.78, 5) is 0. The molecule has 1 aliphatic carbocycles. The smallest absolute Gasteiger partial charge is 0.161 e. The lowest BCUT2D eigenvalue weighted by atomic mass is 9.84. The van der Waals surface area contributed by atoms with E-state index in [1.165, 1.54) is 24.0 Å². The molecule has 0 radical (unpaired) electrons. The highest BCUT2D eigenvalue weighted by Gasteiger charge is 2.34. The molecule has 0 bridgehead atoms. The molecule has 1 aromatic carbocycles. The zero-order chi connectivity index (χ0) is 12.6. The van der Waals surface area contributed by atoms with Crippen molar-refractivity contribution >= 4 is 0 Å². The highest BCUT2D eigenvalue weighted by molar-refractivity contribution is 5.50. The molecule has 2 aliphatic rings. The molecule has 0 unspecified atom stereocenters. The molecule has 0 spiro atoms.